The highest BCUT2D eigenvalue weighted by atomic mass is 15.2. The summed E-state index contributed by atoms with van der Waals surface area (Å²) in [6, 6.07) is 0. The third-order valence-corrected chi connectivity index (χ3v) is 2.91. The van der Waals surface area contributed by atoms with E-state index >= 15 is 0 Å². The molecule has 1 aliphatic heterocycles. The predicted octanol–water partition coefficient (Wildman–Crippen LogP) is 3.22. The molecule has 0 saturated carbocycles. The normalized spacial score (nSPS) is 23.2. The van der Waals surface area contributed by atoms with Crippen LogP contribution < -0.4 is 0 Å². The minimum Gasteiger partial charge on any atom is -0.349 e. The topological polar surface area (TPSA) is 3.24 Å². The second-order valence-electron chi connectivity index (χ2n) is 3.99. The van der Waals surface area contributed by atoms with Gasteiger partial charge in [-0.15, -0.1) is 0 Å². The Kier molecular flexibility index (Phi) is 2.26. The molecule has 13 heavy (non-hydrogen) atoms. The van der Waals surface area contributed by atoms with Crippen LogP contribution in [0.15, 0.2) is 35.7 Å². The van der Waals surface area contributed by atoms with Crippen molar-refractivity contribution < 1.29 is 0 Å². The first kappa shape index (κ1) is 8.61. The molecule has 1 heterocycles. The van der Waals surface area contributed by atoms with Gasteiger partial charge in [0.15, 0.2) is 0 Å². The quantitative estimate of drug-likeness (QED) is 0.591. The van der Waals surface area contributed by atoms with Crippen LogP contribution in [-0.2, 0) is 0 Å². The van der Waals surface area contributed by atoms with E-state index in [-0.39, 0.29) is 0 Å². The number of likely N-dealkylation sites (tertiary alicyclic amines) is 1. The lowest BCUT2D eigenvalue weighted by Crippen LogP contribution is -2.17. The van der Waals surface area contributed by atoms with E-state index in [9.17, 15) is 0 Å². The standard InChI is InChI=1S/C12H17N/c1-10-5-7-12(8-6-10)13-9-3-4-11(13)2/h5,7H,2-4,6,8-9H2,1H3. The zero-order valence-electron chi connectivity index (χ0n) is 8.34. The van der Waals surface area contributed by atoms with Gasteiger partial charge in [0.05, 0.1) is 0 Å². The summed E-state index contributed by atoms with van der Waals surface area (Å²) in [6.07, 6.45) is 9.37. The van der Waals surface area contributed by atoms with Crippen molar-refractivity contribution >= 4 is 0 Å². The molecule has 2 rings (SSSR count). The first-order valence-electron chi connectivity index (χ1n) is 5.09. The Morgan fingerprint density at radius 3 is 2.62 bits per heavy atom. The van der Waals surface area contributed by atoms with E-state index in [4.69, 9.17) is 0 Å². The van der Waals surface area contributed by atoms with E-state index in [1.54, 1.807) is 0 Å². The molecule has 0 atom stereocenters. The Balaban J connectivity index is 2.13. The fraction of sp³-hybridized carbons (Fsp3) is 0.500. The molecule has 2 aliphatic rings. The smallest absolute Gasteiger partial charge is 0.0228 e. The summed E-state index contributed by atoms with van der Waals surface area (Å²) >= 11 is 0. The van der Waals surface area contributed by atoms with Gasteiger partial charge in [0.2, 0.25) is 0 Å². The second kappa shape index (κ2) is 3.41. The molecule has 0 bridgehead atoms. The van der Waals surface area contributed by atoms with Crippen molar-refractivity contribution in [3.05, 3.63) is 35.7 Å². The molecule has 1 saturated heterocycles. The maximum Gasteiger partial charge on any atom is 0.0228 e. The molecule has 1 fully saturated rings. The van der Waals surface area contributed by atoms with Crippen LogP contribution in [0, 0.1) is 0 Å². The van der Waals surface area contributed by atoms with E-state index in [0.29, 0.717) is 0 Å². The maximum atomic E-state index is 4.09. The SMILES string of the molecule is C=C1CCCN1C1=CC=C(C)CC1. The Hall–Kier alpha value is -0.980. The van der Waals surface area contributed by atoms with E-state index < -0.39 is 0 Å². The minimum absolute atomic E-state index is 1.18. The highest BCUT2D eigenvalue weighted by Crippen LogP contribution is 2.29. The van der Waals surface area contributed by atoms with Crippen molar-refractivity contribution in [3.8, 4) is 0 Å². The van der Waals surface area contributed by atoms with Gasteiger partial charge in [-0.25, -0.2) is 0 Å². The highest BCUT2D eigenvalue weighted by molar-refractivity contribution is 5.25. The number of allylic oxidation sites excluding steroid dienone is 5. The lowest BCUT2D eigenvalue weighted by molar-refractivity contribution is 0.465. The number of rotatable bonds is 1. The summed E-state index contributed by atoms with van der Waals surface area (Å²) < 4.78 is 0. The molecule has 0 spiro atoms. The summed E-state index contributed by atoms with van der Waals surface area (Å²) in [7, 11) is 0. The lowest BCUT2D eigenvalue weighted by Gasteiger charge is -2.24. The van der Waals surface area contributed by atoms with Gasteiger partial charge >= 0.3 is 0 Å². The van der Waals surface area contributed by atoms with Crippen LogP contribution in [0.2, 0.25) is 0 Å². The monoisotopic (exact) mass is 175 g/mol. The van der Waals surface area contributed by atoms with Gasteiger partial charge < -0.3 is 4.90 Å². The largest absolute Gasteiger partial charge is 0.349 e. The van der Waals surface area contributed by atoms with Crippen molar-refractivity contribution in [2.45, 2.75) is 32.6 Å². The molecule has 0 radical (unpaired) electrons. The van der Waals surface area contributed by atoms with Crippen LogP contribution in [0.25, 0.3) is 0 Å². The first-order valence-corrected chi connectivity index (χ1v) is 5.09. The summed E-state index contributed by atoms with van der Waals surface area (Å²) in [5.41, 5.74) is 4.26. The molecule has 0 aromatic carbocycles. The summed E-state index contributed by atoms with van der Waals surface area (Å²) in [4.78, 5) is 2.39. The molecule has 1 nitrogen and oxygen atoms in total. The van der Waals surface area contributed by atoms with E-state index in [2.05, 4.69) is 30.6 Å². The van der Waals surface area contributed by atoms with Gasteiger partial charge in [-0.1, -0.05) is 18.2 Å². The molecule has 1 heteroatoms. The lowest BCUT2D eigenvalue weighted by atomic mass is 10.0. The zero-order chi connectivity index (χ0) is 9.26. The van der Waals surface area contributed by atoms with E-state index in [1.807, 2.05) is 0 Å². The van der Waals surface area contributed by atoms with Gasteiger partial charge in [-0.05, 0) is 38.7 Å². The molecular formula is C12H17N. The van der Waals surface area contributed by atoms with Crippen molar-refractivity contribution in [3.63, 3.8) is 0 Å². The third-order valence-electron chi connectivity index (χ3n) is 2.91. The highest BCUT2D eigenvalue weighted by Gasteiger charge is 2.19. The van der Waals surface area contributed by atoms with Crippen molar-refractivity contribution in [2.75, 3.05) is 6.54 Å². The summed E-state index contributed by atoms with van der Waals surface area (Å²) in [5.74, 6) is 0. The van der Waals surface area contributed by atoms with Crippen LogP contribution in [0.5, 0.6) is 0 Å². The molecule has 0 aromatic rings. The zero-order valence-corrected chi connectivity index (χ0v) is 8.34. The van der Waals surface area contributed by atoms with Gasteiger partial charge in [-0.2, -0.15) is 0 Å². The maximum absolute atomic E-state index is 4.09. The van der Waals surface area contributed by atoms with E-state index in [1.165, 1.54) is 49.2 Å². The first-order chi connectivity index (χ1) is 6.27. The molecule has 1 aliphatic carbocycles. The van der Waals surface area contributed by atoms with Crippen molar-refractivity contribution in [1.29, 1.82) is 0 Å². The summed E-state index contributed by atoms with van der Waals surface area (Å²) in [5, 5.41) is 0. The van der Waals surface area contributed by atoms with E-state index in [0.717, 1.165) is 0 Å². The van der Waals surface area contributed by atoms with Gasteiger partial charge in [0.25, 0.3) is 0 Å². The minimum atomic E-state index is 1.18. The van der Waals surface area contributed by atoms with Gasteiger partial charge in [0.1, 0.15) is 0 Å². The molecule has 0 aromatic heterocycles. The predicted molar refractivity (Wildman–Crippen MR) is 56.2 cm³/mol. The Labute approximate surface area is 80.4 Å². The van der Waals surface area contributed by atoms with Crippen LogP contribution in [0.1, 0.15) is 32.6 Å². The number of hydrogen-bond donors (Lipinski definition) is 0. The Bertz CT molecular complexity index is 283. The van der Waals surface area contributed by atoms with Crippen LogP contribution in [-0.4, -0.2) is 11.4 Å². The number of nitrogens with zero attached hydrogens (tertiary/aromatic N) is 1. The fourth-order valence-electron chi connectivity index (χ4n) is 2.04. The van der Waals surface area contributed by atoms with Crippen LogP contribution in [0.3, 0.4) is 0 Å². The molecular weight excluding hydrogens is 158 g/mol. The van der Waals surface area contributed by atoms with Gasteiger partial charge in [0, 0.05) is 17.9 Å². The third kappa shape index (κ3) is 1.69. The van der Waals surface area contributed by atoms with Crippen LogP contribution >= 0.6 is 0 Å². The molecule has 0 amide bonds. The van der Waals surface area contributed by atoms with Crippen LogP contribution in [0.4, 0.5) is 0 Å². The second-order valence-corrected chi connectivity index (χ2v) is 3.99. The van der Waals surface area contributed by atoms with Crippen molar-refractivity contribution in [2.24, 2.45) is 0 Å². The average molecular weight is 175 g/mol. The fourth-order valence-corrected chi connectivity index (χ4v) is 2.04. The summed E-state index contributed by atoms with van der Waals surface area (Å²) in [6.45, 7) is 7.47. The van der Waals surface area contributed by atoms with Crippen molar-refractivity contribution in [1.82, 2.24) is 4.90 Å². The molecule has 0 N–H and O–H groups in total. The molecule has 0 unspecified atom stereocenters. The Morgan fingerprint density at radius 1 is 1.23 bits per heavy atom. The molecule has 70 valence electrons. The Morgan fingerprint density at radius 2 is 2.08 bits per heavy atom. The van der Waals surface area contributed by atoms with Gasteiger partial charge in [-0.3, -0.25) is 0 Å². The number of hydrogen-bond acceptors (Lipinski definition) is 1. The average Bonchev–Trinajstić information content (AvgIpc) is 2.53.